The fraction of sp³-hybridized carbons (Fsp3) is 0.294. The van der Waals surface area contributed by atoms with Crippen LogP contribution >= 0.6 is 0 Å². The van der Waals surface area contributed by atoms with Crippen LogP contribution in [0, 0.1) is 0 Å². The smallest absolute Gasteiger partial charge is 0.341 e. The van der Waals surface area contributed by atoms with Gasteiger partial charge in [0.25, 0.3) is 0 Å². The zero-order chi connectivity index (χ0) is 16.8. The molecule has 1 aromatic heterocycles. The molecule has 23 heavy (non-hydrogen) atoms. The van der Waals surface area contributed by atoms with Crippen molar-refractivity contribution < 1.29 is 19.0 Å². The third kappa shape index (κ3) is 3.71. The Morgan fingerprint density at radius 1 is 1.26 bits per heavy atom. The molecule has 2 aromatic rings. The first-order chi connectivity index (χ1) is 11.1. The number of carbonyl (C=O) groups is 1. The van der Waals surface area contributed by atoms with Gasteiger partial charge in [0, 0.05) is 19.4 Å². The van der Waals surface area contributed by atoms with Gasteiger partial charge in [0.2, 0.25) is 0 Å². The van der Waals surface area contributed by atoms with Gasteiger partial charge in [0.1, 0.15) is 11.4 Å². The fourth-order valence-corrected chi connectivity index (χ4v) is 2.16. The van der Waals surface area contributed by atoms with Crippen molar-refractivity contribution in [2.75, 3.05) is 20.8 Å². The number of methoxy groups -OCH3 is 2. The Balaban J connectivity index is 2.49. The number of aromatic nitrogens is 2. The third-order valence-electron chi connectivity index (χ3n) is 3.28. The molecule has 6 nitrogen and oxygen atoms in total. The van der Waals surface area contributed by atoms with Crippen LogP contribution in [0.15, 0.2) is 30.6 Å². The normalized spacial score (nSPS) is 11.2. The summed E-state index contributed by atoms with van der Waals surface area (Å²) in [4.78, 5) is 16.5. The maximum absolute atomic E-state index is 12.3. The highest BCUT2D eigenvalue weighted by Gasteiger charge is 2.18. The van der Waals surface area contributed by atoms with Gasteiger partial charge >= 0.3 is 5.97 Å². The Hall–Kier alpha value is -2.76. The van der Waals surface area contributed by atoms with Crippen molar-refractivity contribution in [1.29, 1.82) is 0 Å². The van der Waals surface area contributed by atoms with E-state index in [2.05, 4.69) is 4.98 Å². The lowest BCUT2D eigenvalue weighted by Crippen LogP contribution is -2.10. The maximum atomic E-state index is 12.3. The summed E-state index contributed by atoms with van der Waals surface area (Å²) < 4.78 is 17.4. The Kier molecular flexibility index (Phi) is 5.41. The lowest BCUT2D eigenvalue weighted by Gasteiger charge is -2.10. The van der Waals surface area contributed by atoms with Crippen molar-refractivity contribution in [3.8, 4) is 11.5 Å². The minimum Gasteiger partial charge on any atom is -0.493 e. The number of benzene rings is 1. The minimum atomic E-state index is -0.420. The number of hydrogen-bond acceptors (Lipinski definition) is 5. The first-order valence-corrected chi connectivity index (χ1v) is 7.19. The highest BCUT2D eigenvalue weighted by molar-refractivity contribution is 6.20. The Morgan fingerprint density at radius 3 is 2.57 bits per heavy atom. The predicted octanol–water partition coefficient (Wildman–Crippen LogP) is 2.54. The van der Waals surface area contributed by atoms with Gasteiger partial charge in [-0.1, -0.05) is 6.07 Å². The number of aryl methyl sites for hydroxylation is 1. The first kappa shape index (κ1) is 16.6. The molecule has 1 heterocycles. The van der Waals surface area contributed by atoms with Crippen molar-refractivity contribution in [3.05, 3.63) is 42.0 Å². The van der Waals surface area contributed by atoms with E-state index in [0.717, 1.165) is 5.56 Å². The van der Waals surface area contributed by atoms with Crippen molar-refractivity contribution in [2.45, 2.75) is 6.92 Å². The standard InChI is InChI=1S/C17H20N2O4/c1-5-23-17(20)13(16-18-8-9-19(16)2)10-12-6-7-14(21-3)15(11-12)22-4/h6-11H,5H2,1-4H3/b13-10+. The minimum absolute atomic E-state index is 0.298. The summed E-state index contributed by atoms with van der Waals surface area (Å²) in [6.07, 6.45) is 5.14. The number of nitrogens with zero attached hydrogens (tertiary/aromatic N) is 2. The van der Waals surface area contributed by atoms with Crippen molar-refractivity contribution >= 4 is 17.6 Å². The van der Waals surface area contributed by atoms with Gasteiger partial charge in [-0.15, -0.1) is 0 Å². The number of rotatable bonds is 6. The van der Waals surface area contributed by atoms with E-state index in [1.807, 2.05) is 13.1 Å². The molecule has 122 valence electrons. The van der Waals surface area contributed by atoms with Gasteiger partial charge in [0.15, 0.2) is 11.5 Å². The van der Waals surface area contributed by atoms with Gasteiger partial charge in [-0.05, 0) is 30.7 Å². The van der Waals surface area contributed by atoms with Crippen molar-refractivity contribution in [2.24, 2.45) is 7.05 Å². The molecule has 1 aromatic carbocycles. The van der Waals surface area contributed by atoms with E-state index in [1.54, 1.807) is 56.3 Å². The zero-order valence-corrected chi connectivity index (χ0v) is 13.7. The van der Waals surface area contributed by atoms with Crippen LogP contribution in [-0.4, -0.2) is 36.3 Å². The summed E-state index contributed by atoms with van der Waals surface area (Å²) in [6.45, 7) is 2.07. The van der Waals surface area contributed by atoms with E-state index >= 15 is 0 Å². The molecule has 2 rings (SSSR count). The summed E-state index contributed by atoms with van der Waals surface area (Å²) in [5, 5.41) is 0. The van der Waals surface area contributed by atoms with E-state index in [4.69, 9.17) is 14.2 Å². The monoisotopic (exact) mass is 316 g/mol. The van der Waals surface area contributed by atoms with E-state index in [9.17, 15) is 4.79 Å². The molecule has 0 spiro atoms. The van der Waals surface area contributed by atoms with Crippen LogP contribution in [0.3, 0.4) is 0 Å². The second-order valence-electron chi connectivity index (χ2n) is 4.75. The van der Waals surface area contributed by atoms with E-state index in [1.165, 1.54) is 0 Å². The van der Waals surface area contributed by atoms with Crippen LogP contribution in [0.25, 0.3) is 11.6 Å². The molecule has 0 aliphatic heterocycles. The van der Waals surface area contributed by atoms with Gasteiger partial charge in [0.05, 0.1) is 20.8 Å². The number of ether oxygens (including phenoxy) is 3. The van der Waals surface area contributed by atoms with Crippen molar-refractivity contribution in [3.63, 3.8) is 0 Å². The summed E-state index contributed by atoms with van der Waals surface area (Å²) >= 11 is 0. The van der Waals surface area contributed by atoms with Gasteiger partial charge in [-0.2, -0.15) is 0 Å². The quantitative estimate of drug-likeness (QED) is 0.605. The van der Waals surface area contributed by atoms with Crippen LogP contribution in [-0.2, 0) is 16.6 Å². The second kappa shape index (κ2) is 7.49. The molecule has 0 bridgehead atoms. The van der Waals surface area contributed by atoms with Crippen LogP contribution in [0.5, 0.6) is 11.5 Å². The van der Waals surface area contributed by atoms with Gasteiger partial charge in [-0.25, -0.2) is 9.78 Å². The molecule has 0 unspecified atom stereocenters. The van der Waals surface area contributed by atoms with Gasteiger partial charge < -0.3 is 18.8 Å². The van der Waals surface area contributed by atoms with E-state index < -0.39 is 5.97 Å². The molecule has 0 N–H and O–H groups in total. The fourth-order valence-electron chi connectivity index (χ4n) is 2.16. The summed E-state index contributed by atoms with van der Waals surface area (Å²) in [5.41, 5.74) is 1.17. The molecule has 6 heteroatoms. The topological polar surface area (TPSA) is 62.6 Å². The molecule has 0 amide bonds. The third-order valence-corrected chi connectivity index (χ3v) is 3.28. The number of esters is 1. The molecule has 0 radical (unpaired) electrons. The highest BCUT2D eigenvalue weighted by Crippen LogP contribution is 2.29. The molecule has 0 fully saturated rings. The molecule has 0 saturated heterocycles. The molecule has 0 aliphatic carbocycles. The van der Waals surface area contributed by atoms with E-state index in [0.29, 0.717) is 29.5 Å². The number of carbonyl (C=O) groups excluding carboxylic acids is 1. The predicted molar refractivity (Wildman–Crippen MR) is 87.3 cm³/mol. The Labute approximate surface area is 135 Å². The summed E-state index contributed by atoms with van der Waals surface area (Å²) in [7, 11) is 4.96. The van der Waals surface area contributed by atoms with Crippen LogP contribution in [0.4, 0.5) is 0 Å². The highest BCUT2D eigenvalue weighted by atomic mass is 16.5. The molecule has 0 aliphatic rings. The molecular weight excluding hydrogens is 296 g/mol. The molecule has 0 saturated carbocycles. The Morgan fingerprint density at radius 2 is 2.00 bits per heavy atom. The van der Waals surface area contributed by atoms with E-state index in [-0.39, 0.29) is 0 Å². The first-order valence-electron chi connectivity index (χ1n) is 7.19. The number of imidazole rings is 1. The second-order valence-corrected chi connectivity index (χ2v) is 4.75. The largest absolute Gasteiger partial charge is 0.493 e. The lowest BCUT2D eigenvalue weighted by molar-refractivity contribution is -0.136. The zero-order valence-electron chi connectivity index (χ0n) is 13.7. The summed E-state index contributed by atoms with van der Waals surface area (Å²) in [5.74, 6) is 1.33. The van der Waals surface area contributed by atoms with Crippen LogP contribution in [0.1, 0.15) is 18.3 Å². The SMILES string of the molecule is CCOC(=O)/C(=C/c1ccc(OC)c(OC)c1)c1nccn1C. The van der Waals surface area contributed by atoms with Crippen LogP contribution in [0.2, 0.25) is 0 Å². The van der Waals surface area contributed by atoms with Crippen molar-refractivity contribution in [1.82, 2.24) is 9.55 Å². The maximum Gasteiger partial charge on any atom is 0.341 e. The van der Waals surface area contributed by atoms with Gasteiger partial charge in [-0.3, -0.25) is 0 Å². The molecular formula is C17H20N2O4. The summed E-state index contributed by atoms with van der Waals surface area (Å²) in [6, 6.07) is 5.41. The lowest BCUT2D eigenvalue weighted by atomic mass is 10.1. The average Bonchev–Trinajstić information content (AvgIpc) is 2.98. The Bertz CT molecular complexity index is 719. The number of hydrogen-bond donors (Lipinski definition) is 0. The average molecular weight is 316 g/mol. The molecule has 0 atom stereocenters. The van der Waals surface area contributed by atoms with Crippen LogP contribution < -0.4 is 9.47 Å².